The third-order valence-corrected chi connectivity index (χ3v) is 15.6. The molecule has 0 aliphatic carbocycles. The molecular weight excluding hydrogens is 991 g/mol. The second-order valence-corrected chi connectivity index (χ2v) is 20.2. The number of likely N-dealkylation sites (tertiary alicyclic amines) is 2. The number of carbonyl (C=O) groups is 2. The van der Waals surface area contributed by atoms with Crippen molar-refractivity contribution >= 4 is 78.9 Å². The van der Waals surface area contributed by atoms with E-state index in [1.165, 1.54) is 37.9 Å². The van der Waals surface area contributed by atoms with E-state index in [0.717, 1.165) is 60.5 Å². The minimum absolute atomic E-state index is 0.00583. The first-order valence-electron chi connectivity index (χ1n) is 26.8. The number of amides is 1. The highest BCUT2D eigenvalue weighted by atomic mass is 19.1. The Morgan fingerprint density at radius 1 is 0.662 bits per heavy atom. The van der Waals surface area contributed by atoms with Crippen molar-refractivity contribution in [2.45, 2.75) is 57.5 Å². The molecule has 0 saturated carbocycles. The topological polar surface area (TPSA) is 191 Å². The van der Waals surface area contributed by atoms with Gasteiger partial charge in [0.2, 0.25) is 10.9 Å². The van der Waals surface area contributed by atoms with Gasteiger partial charge in [-0.15, -0.1) is 0 Å². The first-order valence-corrected chi connectivity index (χ1v) is 26.8. The van der Waals surface area contributed by atoms with Crippen LogP contribution in [0.2, 0.25) is 0 Å². The Hall–Kier alpha value is -7.04. The van der Waals surface area contributed by atoms with Crippen LogP contribution in [0.25, 0.3) is 55.4 Å². The molecule has 4 saturated heterocycles. The van der Waals surface area contributed by atoms with Crippen molar-refractivity contribution in [3.05, 3.63) is 104 Å². The highest BCUT2D eigenvalue weighted by molar-refractivity contribution is 6.06. The standard InChI is InChI=1S/C27H31FN6O3.C22H21FN4O4.C7H16N2/c1-31-11-5-6-17(31)9-10-29-26(36)22-23(35)18-16-19(28)25(33-12-14-37-15-13-33)30-24(18)34-21-8-4-3-7-20(21)32(2)27(22)34;1-3-31-22(29)17-18(28)13-12-14(23)20(26-8-10-30-11-9-26)24-19(13)27-16-7-5-4-6-15(16)25(2)21(17)27;1-9-6-2-3-7(9)4-5-8/h3-4,7-8,16-17H,5-6,9-15H2,1-2H3,(H,29,36);4-7,12H,3,8-11H2,1-2H3;7H,2-6,8H2,1H3. The van der Waals surface area contributed by atoms with Gasteiger partial charge in [-0.3, -0.25) is 23.2 Å². The quantitative estimate of drug-likeness (QED) is 0.165. The summed E-state index contributed by atoms with van der Waals surface area (Å²) in [6.45, 7) is 9.38. The number of hydrogen-bond acceptors (Lipinski definition) is 14. The Balaban J connectivity index is 0.000000152. The number of pyridine rings is 4. The van der Waals surface area contributed by atoms with Crippen molar-refractivity contribution in [3.8, 4) is 0 Å². The van der Waals surface area contributed by atoms with Gasteiger partial charge in [0, 0.05) is 58.9 Å². The number of hydrogen-bond donors (Lipinski definition) is 2. The molecule has 21 heteroatoms. The molecule has 408 valence electrons. The lowest BCUT2D eigenvalue weighted by atomic mass is 10.1. The van der Waals surface area contributed by atoms with Crippen LogP contribution >= 0.6 is 0 Å². The maximum atomic E-state index is 15.3. The lowest BCUT2D eigenvalue weighted by molar-refractivity contribution is 0.0526. The van der Waals surface area contributed by atoms with Crippen LogP contribution < -0.4 is 31.7 Å². The van der Waals surface area contributed by atoms with Crippen LogP contribution in [0.5, 0.6) is 0 Å². The average Bonchev–Trinajstić information content (AvgIpc) is 4.38. The fourth-order valence-electron chi connectivity index (χ4n) is 11.6. The molecular formula is C56H68F2N12O7. The number of nitrogens with zero attached hydrogens (tertiary/aromatic N) is 10. The van der Waals surface area contributed by atoms with Crippen LogP contribution in [0.15, 0.2) is 70.3 Å². The van der Waals surface area contributed by atoms with E-state index in [1.807, 2.05) is 69.4 Å². The van der Waals surface area contributed by atoms with Crippen LogP contribution in [0.4, 0.5) is 20.4 Å². The van der Waals surface area contributed by atoms with E-state index >= 15 is 8.78 Å². The van der Waals surface area contributed by atoms with Crippen molar-refractivity contribution in [2.75, 3.05) is 109 Å². The Bertz CT molecular complexity index is 3640. The summed E-state index contributed by atoms with van der Waals surface area (Å²) < 4.78 is 53.5. The molecule has 2 aromatic carbocycles. The number of esters is 1. The van der Waals surface area contributed by atoms with Crippen LogP contribution in [0.1, 0.15) is 66.2 Å². The minimum atomic E-state index is -0.740. The van der Waals surface area contributed by atoms with Crippen LogP contribution in [0, 0.1) is 11.6 Å². The summed E-state index contributed by atoms with van der Waals surface area (Å²) in [6.07, 6.45) is 6.97. The molecule has 3 N–H and O–H groups in total. The summed E-state index contributed by atoms with van der Waals surface area (Å²) >= 11 is 0. The number of rotatable bonds is 10. The van der Waals surface area contributed by atoms with Crippen molar-refractivity contribution in [1.29, 1.82) is 0 Å². The summed E-state index contributed by atoms with van der Waals surface area (Å²) in [5.74, 6) is -2.02. The number of imidazole rings is 2. The zero-order valence-corrected chi connectivity index (χ0v) is 44.5. The van der Waals surface area contributed by atoms with E-state index in [1.54, 1.807) is 27.8 Å². The normalized spacial score (nSPS) is 18.4. The molecule has 2 atom stereocenters. The van der Waals surface area contributed by atoms with Gasteiger partial charge in [0.1, 0.15) is 22.4 Å². The minimum Gasteiger partial charge on any atom is -0.462 e. The van der Waals surface area contributed by atoms with Gasteiger partial charge < -0.3 is 54.0 Å². The molecule has 4 aliphatic heterocycles. The SMILES string of the molecule is CCOC(=O)c1c(=O)c2cc(F)c(N3CCOCC3)nc2n2c3ccccc3n(C)c12.CN1CCCC1CCN.CN1CCCC1CCNC(=O)c1c(=O)c2cc(F)c(N3CCOCC3)nc2n2c3ccccc3n(C)c12. The number of para-hydroxylation sites is 4. The number of morpholine rings is 2. The van der Waals surface area contributed by atoms with E-state index in [4.69, 9.17) is 19.9 Å². The lowest BCUT2D eigenvalue weighted by Gasteiger charge is -2.28. The van der Waals surface area contributed by atoms with Gasteiger partial charge in [0.05, 0.1) is 65.9 Å². The molecule has 4 fully saturated rings. The van der Waals surface area contributed by atoms with Crippen LogP contribution in [-0.2, 0) is 28.3 Å². The smallest absolute Gasteiger partial charge is 0.345 e. The zero-order chi connectivity index (χ0) is 54.1. The summed E-state index contributed by atoms with van der Waals surface area (Å²) in [5, 5.41) is 3.09. The molecule has 12 rings (SSSR count). The molecule has 8 aromatic rings. The third kappa shape index (κ3) is 10.1. The summed E-state index contributed by atoms with van der Waals surface area (Å²) in [5.41, 5.74) is 8.84. The Labute approximate surface area is 443 Å². The Kier molecular flexibility index (Phi) is 15.9. The number of carbonyl (C=O) groups excluding carboxylic acids is 2. The van der Waals surface area contributed by atoms with Crippen molar-refractivity contribution in [3.63, 3.8) is 0 Å². The molecule has 77 heavy (non-hydrogen) atoms. The van der Waals surface area contributed by atoms with Gasteiger partial charge in [-0.25, -0.2) is 23.5 Å². The monoisotopic (exact) mass is 1060 g/mol. The number of halogens is 2. The molecule has 0 bridgehead atoms. The van der Waals surface area contributed by atoms with Crippen LogP contribution in [-0.4, -0.2) is 161 Å². The Morgan fingerprint density at radius 2 is 1.10 bits per heavy atom. The molecule has 19 nitrogen and oxygen atoms in total. The number of aromatic nitrogens is 6. The fourth-order valence-corrected chi connectivity index (χ4v) is 11.6. The van der Waals surface area contributed by atoms with E-state index in [-0.39, 0.29) is 40.1 Å². The molecule has 0 spiro atoms. The molecule has 10 heterocycles. The number of anilines is 2. The molecule has 4 aliphatic rings. The van der Waals surface area contributed by atoms with Gasteiger partial charge in [0.15, 0.2) is 34.6 Å². The van der Waals surface area contributed by atoms with Crippen molar-refractivity contribution < 1.29 is 32.6 Å². The van der Waals surface area contributed by atoms with E-state index in [9.17, 15) is 19.2 Å². The number of nitrogens with two attached hydrogens (primary N) is 1. The largest absolute Gasteiger partial charge is 0.462 e. The van der Waals surface area contributed by atoms with Gasteiger partial charge >= 0.3 is 5.97 Å². The Morgan fingerprint density at radius 3 is 1.55 bits per heavy atom. The van der Waals surface area contributed by atoms with E-state index in [2.05, 4.69) is 39.2 Å². The predicted molar refractivity (Wildman–Crippen MR) is 295 cm³/mol. The van der Waals surface area contributed by atoms with Crippen LogP contribution in [0.3, 0.4) is 0 Å². The maximum Gasteiger partial charge on any atom is 0.345 e. The molecule has 1 amide bonds. The maximum absolute atomic E-state index is 15.3. The number of aryl methyl sites for hydroxylation is 2. The summed E-state index contributed by atoms with van der Waals surface area (Å²) in [4.78, 5) is 71.1. The lowest BCUT2D eigenvalue weighted by Crippen LogP contribution is -2.37. The van der Waals surface area contributed by atoms with E-state index < -0.39 is 34.4 Å². The van der Waals surface area contributed by atoms with Crippen molar-refractivity contribution in [2.24, 2.45) is 19.8 Å². The highest BCUT2D eigenvalue weighted by Gasteiger charge is 2.30. The van der Waals surface area contributed by atoms with Gasteiger partial charge in [-0.1, -0.05) is 24.3 Å². The first-order chi connectivity index (χ1) is 37.3. The molecule has 0 radical (unpaired) electrons. The van der Waals surface area contributed by atoms with Gasteiger partial charge in [-0.2, -0.15) is 0 Å². The first kappa shape index (κ1) is 53.4. The molecule has 6 aromatic heterocycles. The number of fused-ring (bicyclic) bond motifs is 10. The number of ether oxygens (including phenoxy) is 3. The predicted octanol–water partition coefficient (Wildman–Crippen LogP) is 5.45. The van der Waals surface area contributed by atoms with Crippen molar-refractivity contribution in [1.82, 2.24) is 43.0 Å². The summed E-state index contributed by atoms with van der Waals surface area (Å²) in [6, 6.07) is 18.8. The number of benzene rings is 2. The van der Waals surface area contributed by atoms with Gasteiger partial charge in [-0.05, 0) is 116 Å². The molecule has 2 unspecified atom stereocenters. The summed E-state index contributed by atoms with van der Waals surface area (Å²) in [7, 11) is 7.89. The van der Waals surface area contributed by atoms with Gasteiger partial charge in [0.25, 0.3) is 5.91 Å². The second-order valence-electron chi connectivity index (χ2n) is 20.2. The number of nitrogens with one attached hydrogen (secondary N) is 1. The second kappa shape index (κ2) is 22.9. The average molecular weight is 1060 g/mol. The highest BCUT2D eigenvalue weighted by Crippen LogP contribution is 2.31. The third-order valence-electron chi connectivity index (χ3n) is 15.6. The van der Waals surface area contributed by atoms with E-state index in [0.29, 0.717) is 87.8 Å². The fraction of sp³-hybridized carbons (Fsp3) is 0.464. The zero-order valence-electron chi connectivity index (χ0n) is 44.5.